The van der Waals surface area contributed by atoms with Crippen LogP contribution in [-0.4, -0.2) is 14.1 Å². The summed E-state index contributed by atoms with van der Waals surface area (Å²) in [7, 11) is 4.15. The van der Waals surface area contributed by atoms with Crippen LogP contribution in [0.2, 0.25) is 0 Å². The Kier molecular flexibility index (Phi) is 8.70. The second kappa shape index (κ2) is 12.1. The van der Waals surface area contributed by atoms with Crippen molar-refractivity contribution >= 4 is 17.5 Å². The normalized spacial score (nSPS) is 14.4. The van der Waals surface area contributed by atoms with E-state index in [9.17, 15) is 0 Å². The predicted molar refractivity (Wildman–Crippen MR) is 158 cm³/mol. The van der Waals surface area contributed by atoms with Gasteiger partial charge in [-0.25, -0.2) is 0 Å². The van der Waals surface area contributed by atoms with Gasteiger partial charge >= 0.3 is 0 Å². The molecule has 0 atom stereocenters. The quantitative estimate of drug-likeness (QED) is 0.302. The molecular formula is C34H42N2. The molecule has 188 valence electrons. The van der Waals surface area contributed by atoms with Gasteiger partial charge in [0.05, 0.1) is 0 Å². The highest BCUT2D eigenvalue weighted by Crippen LogP contribution is 2.35. The molecule has 2 nitrogen and oxygen atoms in total. The molecular weight excluding hydrogens is 436 g/mol. The molecule has 0 saturated heterocycles. The van der Waals surface area contributed by atoms with Gasteiger partial charge in [-0.1, -0.05) is 100 Å². The van der Waals surface area contributed by atoms with Gasteiger partial charge in [0.25, 0.3) is 0 Å². The number of hydrogen-bond acceptors (Lipinski definition) is 2. The first-order chi connectivity index (χ1) is 17.4. The topological polar surface area (TPSA) is 6.48 Å². The summed E-state index contributed by atoms with van der Waals surface area (Å²) in [4.78, 5) is 4.60. The van der Waals surface area contributed by atoms with Gasteiger partial charge < -0.3 is 9.80 Å². The minimum Gasteiger partial charge on any atom is -0.378 e. The fourth-order valence-corrected chi connectivity index (χ4v) is 5.05. The second-order valence-electron chi connectivity index (χ2n) is 10.7. The van der Waals surface area contributed by atoms with E-state index in [-0.39, 0.29) is 0 Å². The van der Waals surface area contributed by atoms with E-state index in [4.69, 9.17) is 0 Å². The summed E-state index contributed by atoms with van der Waals surface area (Å²) in [6.45, 7) is 9.93. The molecule has 36 heavy (non-hydrogen) atoms. The van der Waals surface area contributed by atoms with E-state index < -0.39 is 0 Å². The van der Waals surface area contributed by atoms with Crippen LogP contribution < -0.4 is 9.80 Å². The molecule has 4 rings (SSSR count). The lowest BCUT2D eigenvalue weighted by Gasteiger charge is -2.34. The van der Waals surface area contributed by atoms with Crippen molar-refractivity contribution in [3.63, 3.8) is 0 Å². The van der Waals surface area contributed by atoms with Crippen molar-refractivity contribution in [2.45, 2.75) is 52.5 Å². The van der Waals surface area contributed by atoms with Crippen LogP contribution in [0.1, 0.15) is 57.1 Å². The largest absolute Gasteiger partial charge is 0.378 e. The Labute approximate surface area is 219 Å². The van der Waals surface area contributed by atoms with Crippen LogP contribution in [-0.2, 0) is 6.54 Å². The first-order valence-electron chi connectivity index (χ1n) is 13.5. The van der Waals surface area contributed by atoms with Gasteiger partial charge in [0, 0.05) is 37.7 Å². The van der Waals surface area contributed by atoms with Gasteiger partial charge in [0.15, 0.2) is 0 Å². The first-order valence-corrected chi connectivity index (χ1v) is 13.5. The van der Waals surface area contributed by atoms with Gasteiger partial charge in [-0.2, -0.15) is 0 Å². The highest BCUT2D eigenvalue weighted by molar-refractivity contribution is 5.67. The van der Waals surface area contributed by atoms with E-state index in [0.717, 1.165) is 6.54 Å². The average Bonchev–Trinajstić information content (AvgIpc) is 2.91. The number of nitrogens with zero attached hydrogens (tertiary/aromatic N) is 2. The van der Waals surface area contributed by atoms with Gasteiger partial charge in [-0.3, -0.25) is 0 Å². The third-order valence-electron chi connectivity index (χ3n) is 7.29. The van der Waals surface area contributed by atoms with E-state index in [1.54, 1.807) is 0 Å². The molecule has 0 unspecified atom stereocenters. The average molecular weight is 479 g/mol. The Hall–Kier alpha value is -3.26. The molecule has 0 N–H and O–H groups in total. The van der Waals surface area contributed by atoms with Crippen molar-refractivity contribution in [1.82, 2.24) is 0 Å². The molecule has 1 saturated carbocycles. The summed E-state index contributed by atoms with van der Waals surface area (Å²) in [5.41, 5.74) is 8.78. The Morgan fingerprint density at radius 3 is 2.11 bits per heavy atom. The predicted octanol–water partition coefficient (Wildman–Crippen LogP) is 9.19. The monoisotopic (exact) mass is 478 g/mol. The summed E-state index contributed by atoms with van der Waals surface area (Å²) >= 11 is 0. The molecule has 0 aliphatic heterocycles. The highest BCUT2D eigenvalue weighted by atomic mass is 15.1. The van der Waals surface area contributed by atoms with Crippen LogP contribution in [0.5, 0.6) is 0 Å². The van der Waals surface area contributed by atoms with E-state index in [1.807, 2.05) is 0 Å². The van der Waals surface area contributed by atoms with Crippen molar-refractivity contribution < 1.29 is 0 Å². The van der Waals surface area contributed by atoms with Gasteiger partial charge in [-0.05, 0) is 71.2 Å². The van der Waals surface area contributed by atoms with Crippen molar-refractivity contribution in [2.75, 3.05) is 23.9 Å². The zero-order valence-electron chi connectivity index (χ0n) is 22.6. The summed E-state index contributed by atoms with van der Waals surface area (Å²) < 4.78 is 0. The van der Waals surface area contributed by atoms with Crippen LogP contribution in [0.4, 0.5) is 11.4 Å². The molecule has 0 amide bonds. The first kappa shape index (κ1) is 25.8. The number of rotatable bonds is 9. The van der Waals surface area contributed by atoms with Gasteiger partial charge in [0.2, 0.25) is 0 Å². The second-order valence-corrected chi connectivity index (χ2v) is 10.7. The molecule has 0 bridgehead atoms. The lowest BCUT2D eigenvalue weighted by atomic mass is 9.86. The third-order valence-corrected chi connectivity index (χ3v) is 7.29. The maximum absolute atomic E-state index is 4.65. The lowest BCUT2D eigenvalue weighted by Crippen LogP contribution is -2.27. The van der Waals surface area contributed by atoms with E-state index >= 15 is 0 Å². The van der Waals surface area contributed by atoms with Crippen LogP contribution in [0.25, 0.3) is 17.2 Å². The maximum atomic E-state index is 4.65. The molecule has 2 heteroatoms. The number of hydrogen-bond donors (Lipinski definition) is 0. The summed E-state index contributed by atoms with van der Waals surface area (Å²) in [6, 6.07) is 26.8. The third kappa shape index (κ3) is 6.69. The van der Waals surface area contributed by atoms with E-state index in [0.29, 0.717) is 11.8 Å². The maximum Gasteiger partial charge on any atom is 0.0478 e. The van der Waals surface area contributed by atoms with Crippen molar-refractivity contribution in [1.29, 1.82) is 0 Å². The lowest BCUT2D eigenvalue weighted by molar-refractivity contribution is 0.396. The SMILES string of the molecule is C=C(C1CCCCC1)N(Cc1ccc(-c2ccc(N(C)C)cc2)cc1)c1cccc(/C=C/C(C)C)c1. The Balaban J connectivity index is 1.58. The fraction of sp³-hybridized carbons (Fsp3) is 0.353. The summed E-state index contributed by atoms with van der Waals surface area (Å²) in [6.07, 6.45) is 11.0. The number of anilines is 2. The van der Waals surface area contributed by atoms with Crippen LogP contribution in [0.3, 0.4) is 0 Å². The molecule has 0 radical (unpaired) electrons. The van der Waals surface area contributed by atoms with Gasteiger partial charge in [0.1, 0.15) is 0 Å². The van der Waals surface area contributed by atoms with E-state index in [2.05, 4.69) is 129 Å². The van der Waals surface area contributed by atoms with Crippen molar-refractivity contribution in [3.05, 3.63) is 102 Å². The minimum absolute atomic E-state index is 0.541. The Morgan fingerprint density at radius 1 is 0.861 bits per heavy atom. The van der Waals surface area contributed by atoms with Gasteiger partial charge in [-0.15, -0.1) is 0 Å². The molecule has 0 spiro atoms. The molecule has 1 aliphatic rings. The Morgan fingerprint density at radius 2 is 1.50 bits per heavy atom. The zero-order valence-corrected chi connectivity index (χ0v) is 22.6. The zero-order chi connectivity index (χ0) is 25.5. The summed E-state index contributed by atoms with van der Waals surface area (Å²) in [5, 5.41) is 0. The molecule has 0 heterocycles. The van der Waals surface area contributed by atoms with E-state index in [1.165, 1.54) is 71.4 Å². The van der Waals surface area contributed by atoms with Crippen molar-refractivity contribution in [3.8, 4) is 11.1 Å². The fourth-order valence-electron chi connectivity index (χ4n) is 5.05. The minimum atomic E-state index is 0.541. The molecule has 1 fully saturated rings. The highest BCUT2D eigenvalue weighted by Gasteiger charge is 2.22. The standard InChI is InChI=1S/C34H42N2/c1-26(2)14-15-28-10-9-13-34(24-28)36(27(3)30-11-7-6-8-12-30)25-29-16-18-31(19-17-29)32-20-22-33(23-21-32)35(4)5/h9-10,13-24,26,30H,3,6-8,11-12,25H2,1-2,4-5H3/b15-14+. The van der Waals surface area contributed by atoms with Crippen LogP contribution in [0.15, 0.2) is 91.1 Å². The molecule has 3 aromatic carbocycles. The Bertz CT molecular complexity index is 1150. The smallest absolute Gasteiger partial charge is 0.0478 e. The number of allylic oxidation sites excluding steroid dienone is 2. The molecule has 3 aromatic rings. The molecule has 0 aromatic heterocycles. The summed E-state index contributed by atoms with van der Waals surface area (Å²) in [5.74, 6) is 1.11. The number of benzene rings is 3. The van der Waals surface area contributed by atoms with Crippen LogP contribution in [0, 0.1) is 11.8 Å². The van der Waals surface area contributed by atoms with Crippen LogP contribution >= 0.6 is 0 Å². The molecule has 1 aliphatic carbocycles. The van der Waals surface area contributed by atoms with Crippen molar-refractivity contribution in [2.24, 2.45) is 11.8 Å².